The largest absolute Gasteiger partial charge is 0.350 e. The van der Waals surface area contributed by atoms with E-state index in [1.54, 1.807) is 11.9 Å². The van der Waals surface area contributed by atoms with Crippen LogP contribution in [0, 0.1) is 0 Å². The summed E-state index contributed by atoms with van der Waals surface area (Å²) in [4.78, 5) is 55.9. The SMILES string of the molecule is CC.[2H]C(=O)N(C)C1CCCCC1NC(=O)[C@H](C)N(C)C.[2H]C(=O)N1CCN(C)CC1C(C)(C)NC(=O)C(C)N(C)C. The Kier molecular flexibility index (Phi) is 15.5. The van der Waals surface area contributed by atoms with Crippen molar-refractivity contribution in [3.05, 3.63) is 0 Å². The normalized spacial score (nSPS) is 23.8. The number of rotatable bonds is 8. The molecule has 2 aliphatic rings. The highest BCUT2D eigenvalue weighted by Gasteiger charge is 2.39. The Morgan fingerprint density at radius 3 is 1.98 bits per heavy atom. The topological polar surface area (TPSA) is 109 Å². The molecule has 11 heteroatoms. The van der Waals surface area contributed by atoms with Gasteiger partial charge in [-0.1, -0.05) is 26.7 Å². The molecular weight excluding hydrogens is 510 g/mol. The zero-order valence-corrected chi connectivity index (χ0v) is 27.2. The van der Waals surface area contributed by atoms with Gasteiger partial charge in [0.2, 0.25) is 24.6 Å². The quantitative estimate of drug-likeness (QED) is 0.420. The van der Waals surface area contributed by atoms with E-state index >= 15 is 0 Å². The first kappa shape index (κ1) is 34.0. The van der Waals surface area contributed by atoms with Crippen LogP contribution in [0.2, 0.25) is 0 Å². The van der Waals surface area contributed by atoms with Crippen LogP contribution in [0.15, 0.2) is 0 Å². The third-order valence-corrected chi connectivity index (χ3v) is 7.99. The molecule has 5 atom stereocenters. The van der Waals surface area contributed by atoms with Crippen molar-refractivity contribution in [1.82, 2.24) is 35.1 Å². The number of hydrogen-bond acceptors (Lipinski definition) is 7. The smallest absolute Gasteiger partial charge is 0.237 e. The Hall–Kier alpha value is -2.24. The van der Waals surface area contributed by atoms with Crippen LogP contribution < -0.4 is 10.6 Å². The Labute approximate surface area is 246 Å². The highest BCUT2D eigenvalue weighted by molar-refractivity contribution is 5.82. The van der Waals surface area contributed by atoms with E-state index in [1.807, 2.05) is 86.6 Å². The lowest BCUT2D eigenvalue weighted by molar-refractivity contribution is -0.131. The number of nitrogens with one attached hydrogen (secondary N) is 2. The van der Waals surface area contributed by atoms with Gasteiger partial charge in [-0.25, -0.2) is 0 Å². The molecule has 1 heterocycles. The Morgan fingerprint density at radius 2 is 1.48 bits per heavy atom. The van der Waals surface area contributed by atoms with Gasteiger partial charge in [-0.3, -0.25) is 29.0 Å². The van der Waals surface area contributed by atoms with E-state index in [1.165, 1.54) is 4.90 Å². The van der Waals surface area contributed by atoms with E-state index in [0.717, 1.165) is 32.2 Å². The molecule has 1 saturated carbocycles. The Balaban J connectivity index is 0.000000759. The zero-order valence-electron chi connectivity index (χ0n) is 29.2. The monoisotopic (exact) mass is 571 g/mol. The molecule has 40 heavy (non-hydrogen) atoms. The van der Waals surface area contributed by atoms with Crippen molar-refractivity contribution in [3.8, 4) is 0 Å². The lowest BCUT2D eigenvalue weighted by Crippen LogP contribution is -2.66. The summed E-state index contributed by atoms with van der Waals surface area (Å²) in [6, 6.07) is -0.745. The van der Waals surface area contributed by atoms with Crippen LogP contribution in [0.25, 0.3) is 0 Å². The lowest BCUT2D eigenvalue weighted by atomic mass is 9.89. The van der Waals surface area contributed by atoms with Gasteiger partial charge in [-0.15, -0.1) is 0 Å². The third kappa shape index (κ3) is 11.7. The second-order valence-electron chi connectivity index (χ2n) is 11.7. The molecule has 0 aromatic heterocycles. The zero-order chi connectivity index (χ0) is 32.9. The average molecular weight is 572 g/mol. The molecular formula is C29H59N7O4. The van der Waals surface area contributed by atoms with Crippen LogP contribution in [0.4, 0.5) is 0 Å². The molecule has 0 bridgehead atoms. The maximum atomic E-state index is 12.3. The van der Waals surface area contributed by atoms with E-state index in [0.29, 0.717) is 13.1 Å². The van der Waals surface area contributed by atoms with Crippen LogP contribution in [-0.2, 0) is 19.2 Å². The van der Waals surface area contributed by atoms with Crippen molar-refractivity contribution in [2.24, 2.45) is 0 Å². The van der Waals surface area contributed by atoms with Crippen molar-refractivity contribution in [2.45, 2.75) is 103 Å². The number of amides is 4. The summed E-state index contributed by atoms with van der Waals surface area (Å²) in [7, 11) is 11.1. The van der Waals surface area contributed by atoms with Gasteiger partial charge < -0.3 is 25.3 Å². The predicted molar refractivity (Wildman–Crippen MR) is 162 cm³/mol. The predicted octanol–water partition coefficient (Wildman–Crippen LogP) is 1.08. The fourth-order valence-corrected chi connectivity index (χ4v) is 4.73. The van der Waals surface area contributed by atoms with E-state index in [4.69, 9.17) is 2.74 Å². The minimum absolute atomic E-state index is 0.0206. The molecule has 0 radical (unpaired) electrons. The number of carbonyl (C=O) groups excluding carboxylic acids is 4. The van der Waals surface area contributed by atoms with Crippen molar-refractivity contribution in [1.29, 1.82) is 0 Å². The molecule has 0 aromatic carbocycles. The Morgan fingerprint density at radius 1 is 0.950 bits per heavy atom. The number of hydrogen-bond donors (Lipinski definition) is 2. The minimum Gasteiger partial charge on any atom is -0.350 e. The fraction of sp³-hybridized carbons (Fsp3) is 0.862. The first-order valence-electron chi connectivity index (χ1n) is 15.5. The summed E-state index contributed by atoms with van der Waals surface area (Å²) < 4.78 is 14.6. The van der Waals surface area contributed by atoms with E-state index in [2.05, 4.69) is 15.5 Å². The first-order chi connectivity index (χ1) is 19.4. The summed E-state index contributed by atoms with van der Waals surface area (Å²) in [6.07, 6.45) is 2.44. The van der Waals surface area contributed by atoms with Crippen molar-refractivity contribution in [2.75, 3.05) is 61.9 Å². The second kappa shape index (κ2) is 18.2. The molecule has 1 aliphatic heterocycles. The van der Waals surface area contributed by atoms with Crippen molar-refractivity contribution >= 4 is 24.6 Å². The van der Waals surface area contributed by atoms with Gasteiger partial charge in [-0.2, -0.15) is 0 Å². The summed E-state index contributed by atoms with van der Waals surface area (Å²) in [5.74, 6) is -0.0941. The van der Waals surface area contributed by atoms with Gasteiger partial charge in [0, 0.05) is 32.7 Å². The standard InChI is InChI=1S/C14H28N4O2.C13H25N3O2.C2H6/c1-11(16(4)5)13(20)15-14(2,3)12-9-17(6)7-8-18(12)10-19;1-10(15(2)3)13(18)14-11-7-5-6-8-12(11)16(4)9-17;1-2/h10-12H,7-9H2,1-6H3,(H,15,20);9-12H,5-8H2,1-4H3,(H,14,18);1-2H3/t;10-,11?,12?;/m.0./s1/i10D;9D;. The van der Waals surface area contributed by atoms with Gasteiger partial charge in [0.1, 0.15) is 2.74 Å². The minimum atomic E-state index is -0.688. The third-order valence-electron chi connectivity index (χ3n) is 7.99. The van der Waals surface area contributed by atoms with Crippen LogP contribution in [0.1, 0.15) is 70.0 Å². The number of piperazine rings is 1. The molecule has 2 N–H and O–H groups in total. The van der Waals surface area contributed by atoms with Crippen molar-refractivity contribution < 1.29 is 21.9 Å². The molecule has 2 fully saturated rings. The summed E-state index contributed by atoms with van der Waals surface area (Å²) in [5, 5.41) is 6.06. The summed E-state index contributed by atoms with van der Waals surface area (Å²) in [6.45, 7) is 13.4. The molecule has 11 nitrogen and oxygen atoms in total. The molecule has 4 unspecified atom stereocenters. The van der Waals surface area contributed by atoms with Gasteiger partial charge in [0.25, 0.3) is 0 Å². The molecule has 234 valence electrons. The molecule has 1 aliphatic carbocycles. The summed E-state index contributed by atoms with van der Waals surface area (Å²) >= 11 is 0. The molecule has 0 aromatic rings. The second-order valence-corrected chi connectivity index (χ2v) is 11.7. The van der Waals surface area contributed by atoms with Crippen LogP contribution in [0.3, 0.4) is 0 Å². The number of carbonyl (C=O) groups is 4. The first-order valence-corrected chi connectivity index (χ1v) is 14.5. The van der Waals surface area contributed by atoms with Gasteiger partial charge in [0.05, 0.1) is 29.7 Å². The van der Waals surface area contributed by atoms with Gasteiger partial charge in [-0.05, 0) is 75.8 Å². The highest BCUT2D eigenvalue weighted by atomic mass is 16.2. The van der Waals surface area contributed by atoms with Gasteiger partial charge >= 0.3 is 0 Å². The highest BCUT2D eigenvalue weighted by Crippen LogP contribution is 2.22. The van der Waals surface area contributed by atoms with Crippen LogP contribution in [-0.4, -0.2) is 147 Å². The fourth-order valence-electron chi connectivity index (χ4n) is 4.73. The maximum absolute atomic E-state index is 12.3. The number of nitrogens with zero attached hydrogens (tertiary/aromatic N) is 5. The van der Waals surface area contributed by atoms with E-state index < -0.39 is 18.3 Å². The van der Waals surface area contributed by atoms with E-state index in [-0.39, 0.29) is 42.0 Å². The molecule has 4 amide bonds. The molecule has 2 rings (SSSR count). The van der Waals surface area contributed by atoms with Crippen LogP contribution >= 0.6 is 0 Å². The van der Waals surface area contributed by atoms with E-state index in [9.17, 15) is 19.2 Å². The maximum Gasteiger partial charge on any atom is 0.237 e. The molecule has 0 spiro atoms. The van der Waals surface area contributed by atoms with Gasteiger partial charge in [0.15, 0.2) is 0 Å². The Bertz CT molecular complexity index is 875. The summed E-state index contributed by atoms with van der Waals surface area (Å²) in [5.41, 5.74) is -0.591. The average Bonchev–Trinajstić information content (AvgIpc) is 2.92. The van der Waals surface area contributed by atoms with Crippen molar-refractivity contribution in [3.63, 3.8) is 0 Å². The number of likely N-dealkylation sites (N-methyl/N-ethyl adjacent to an activating group) is 4. The lowest BCUT2D eigenvalue weighted by Gasteiger charge is -2.46. The van der Waals surface area contributed by atoms with Crippen LogP contribution in [0.5, 0.6) is 0 Å². The molecule has 1 saturated heterocycles.